The molecule has 8 heteroatoms. The van der Waals surface area contributed by atoms with Crippen LogP contribution in [0.3, 0.4) is 0 Å². The molecule has 2 aromatic rings. The van der Waals surface area contributed by atoms with Gasteiger partial charge in [-0.1, -0.05) is 24.6 Å². The first-order valence-electron chi connectivity index (χ1n) is 12.0. The number of amides is 3. The van der Waals surface area contributed by atoms with Gasteiger partial charge in [-0.25, -0.2) is 0 Å². The fourth-order valence-corrected chi connectivity index (χ4v) is 4.80. The molecule has 2 aliphatic heterocycles. The van der Waals surface area contributed by atoms with Gasteiger partial charge in [0.15, 0.2) is 0 Å². The Bertz CT molecular complexity index is 1070. The SMILES string of the molecule is CCCN1CCC(NC(=O)c2cc(Cl)ccc2NC(=O)c2cccc(N3CCCC3=O)c2)CC1. The number of rotatable bonds is 7. The molecule has 2 aliphatic rings. The minimum atomic E-state index is -0.349. The number of benzene rings is 2. The summed E-state index contributed by atoms with van der Waals surface area (Å²) < 4.78 is 0. The zero-order valence-corrected chi connectivity index (χ0v) is 20.2. The maximum absolute atomic E-state index is 13.1. The summed E-state index contributed by atoms with van der Waals surface area (Å²) in [5.41, 5.74) is 1.86. The number of hydrogen-bond acceptors (Lipinski definition) is 4. The molecule has 0 spiro atoms. The highest BCUT2D eigenvalue weighted by Gasteiger charge is 2.24. The molecule has 0 aromatic heterocycles. The third-order valence-corrected chi connectivity index (χ3v) is 6.67. The van der Waals surface area contributed by atoms with Crippen LogP contribution in [-0.2, 0) is 4.79 Å². The Kier molecular flexibility index (Phi) is 7.85. The van der Waals surface area contributed by atoms with Gasteiger partial charge in [0.05, 0.1) is 11.3 Å². The number of nitrogens with zero attached hydrogens (tertiary/aromatic N) is 2. The second-order valence-corrected chi connectivity index (χ2v) is 9.37. The average Bonchev–Trinajstić information content (AvgIpc) is 3.27. The van der Waals surface area contributed by atoms with Crippen LogP contribution < -0.4 is 15.5 Å². The van der Waals surface area contributed by atoms with Gasteiger partial charge in [-0.15, -0.1) is 0 Å². The van der Waals surface area contributed by atoms with E-state index in [-0.39, 0.29) is 23.8 Å². The standard InChI is InChI=1S/C26H31ClN4O3/c1-2-12-30-14-10-20(11-15-30)28-26(34)22-17-19(27)8-9-23(22)29-25(33)18-5-3-6-21(16-18)31-13-4-7-24(31)32/h3,5-6,8-9,16-17,20H,2,4,7,10-15H2,1H3,(H,28,34)(H,29,33). The van der Waals surface area contributed by atoms with Crippen molar-refractivity contribution in [1.29, 1.82) is 0 Å². The summed E-state index contributed by atoms with van der Waals surface area (Å²) in [5, 5.41) is 6.39. The quantitative estimate of drug-likeness (QED) is 0.615. The van der Waals surface area contributed by atoms with Gasteiger partial charge in [0, 0.05) is 48.4 Å². The van der Waals surface area contributed by atoms with E-state index < -0.39 is 0 Å². The Balaban J connectivity index is 1.45. The van der Waals surface area contributed by atoms with Gasteiger partial charge in [-0.05, 0) is 68.6 Å². The van der Waals surface area contributed by atoms with E-state index in [1.54, 1.807) is 41.3 Å². The van der Waals surface area contributed by atoms with Gasteiger partial charge in [0.1, 0.15) is 0 Å². The van der Waals surface area contributed by atoms with Crippen molar-refractivity contribution in [3.05, 3.63) is 58.6 Å². The molecule has 7 nitrogen and oxygen atoms in total. The molecular weight excluding hydrogens is 452 g/mol. The molecule has 3 amide bonds. The second kappa shape index (κ2) is 11.0. The topological polar surface area (TPSA) is 81.8 Å². The van der Waals surface area contributed by atoms with Crippen molar-refractivity contribution in [2.75, 3.05) is 36.4 Å². The lowest BCUT2D eigenvalue weighted by molar-refractivity contribution is -0.117. The summed E-state index contributed by atoms with van der Waals surface area (Å²) >= 11 is 6.18. The predicted octanol–water partition coefficient (Wildman–Crippen LogP) is 4.32. The van der Waals surface area contributed by atoms with Crippen LogP contribution in [0.25, 0.3) is 0 Å². The molecule has 0 radical (unpaired) electrons. The summed E-state index contributed by atoms with van der Waals surface area (Å²) in [4.78, 5) is 42.3. The lowest BCUT2D eigenvalue weighted by Crippen LogP contribution is -2.44. The van der Waals surface area contributed by atoms with Crippen molar-refractivity contribution >= 4 is 40.7 Å². The Morgan fingerprint density at radius 1 is 1.06 bits per heavy atom. The first kappa shape index (κ1) is 24.2. The number of hydrogen-bond donors (Lipinski definition) is 2. The van der Waals surface area contributed by atoms with Crippen molar-refractivity contribution in [2.45, 2.75) is 45.1 Å². The van der Waals surface area contributed by atoms with Gasteiger partial charge in [0.2, 0.25) is 5.91 Å². The normalized spacial score (nSPS) is 17.1. The van der Waals surface area contributed by atoms with E-state index in [9.17, 15) is 14.4 Å². The molecule has 2 N–H and O–H groups in total. The van der Waals surface area contributed by atoms with Gasteiger partial charge in [0.25, 0.3) is 11.8 Å². The predicted molar refractivity (Wildman–Crippen MR) is 135 cm³/mol. The fourth-order valence-electron chi connectivity index (χ4n) is 4.62. The molecule has 0 bridgehead atoms. The minimum Gasteiger partial charge on any atom is -0.349 e. The zero-order chi connectivity index (χ0) is 24.1. The molecule has 0 aliphatic carbocycles. The highest BCUT2D eigenvalue weighted by molar-refractivity contribution is 6.31. The number of carbonyl (C=O) groups excluding carboxylic acids is 3. The molecule has 2 fully saturated rings. The van der Waals surface area contributed by atoms with E-state index in [1.807, 2.05) is 6.07 Å². The Morgan fingerprint density at radius 2 is 1.85 bits per heavy atom. The van der Waals surface area contributed by atoms with Crippen molar-refractivity contribution in [3.63, 3.8) is 0 Å². The molecular formula is C26H31ClN4O3. The van der Waals surface area contributed by atoms with Crippen molar-refractivity contribution in [1.82, 2.24) is 10.2 Å². The highest BCUT2D eigenvalue weighted by Crippen LogP contribution is 2.25. The van der Waals surface area contributed by atoms with Crippen molar-refractivity contribution in [2.24, 2.45) is 0 Å². The summed E-state index contributed by atoms with van der Waals surface area (Å²) in [5.74, 6) is -0.532. The molecule has 2 saturated heterocycles. The largest absolute Gasteiger partial charge is 0.349 e. The number of anilines is 2. The third-order valence-electron chi connectivity index (χ3n) is 6.43. The molecule has 34 heavy (non-hydrogen) atoms. The van der Waals surface area contributed by atoms with Gasteiger partial charge >= 0.3 is 0 Å². The molecule has 2 aromatic carbocycles. The van der Waals surface area contributed by atoms with Gasteiger partial charge in [-0.3, -0.25) is 14.4 Å². The van der Waals surface area contributed by atoms with Crippen LogP contribution in [0.2, 0.25) is 5.02 Å². The monoisotopic (exact) mass is 482 g/mol. The van der Waals surface area contributed by atoms with Crippen molar-refractivity contribution < 1.29 is 14.4 Å². The van der Waals surface area contributed by atoms with Crippen LogP contribution in [0.4, 0.5) is 11.4 Å². The maximum atomic E-state index is 13.1. The fraction of sp³-hybridized carbons (Fsp3) is 0.423. The Hall–Kier alpha value is -2.90. The second-order valence-electron chi connectivity index (χ2n) is 8.93. The number of nitrogens with one attached hydrogen (secondary N) is 2. The summed E-state index contributed by atoms with van der Waals surface area (Å²) in [6.45, 7) is 5.84. The summed E-state index contributed by atoms with van der Waals surface area (Å²) in [7, 11) is 0. The highest BCUT2D eigenvalue weighted by atomic mass is 35.5. The average molecular weight is 483 g/mol. The first-order chi connectivity index (χ1) is 16.4. The summed E-state index contributed by atoms with van der Waals surface area (Å²) in [6.07, 6.45) is 4.26. The Labute approximate surface area is 205 Å². The molecule has 4 rings (SSSR count). The van der Waals surface area contributed by atoms with Crippen LogP contribution in [0.1, 0.15) is 59.7 Å². The number of likely N-dealkylation sites (tertiary alicyclic amines) is 1. The third kappa shape index (κ3) is 5.77. The van der Waals surface area contributed by atoms with E-state index in [4.69, 9.17) is 11.6 Å². The molecule has 0 unspecified atom stereocenters. The number of piperidine rings is 1. The Morgan fingerprint density at radius 3 is 2.56 bits per heavy atom. The van der Waals surface area contributed by atoms with Gasteiger partial charge in [-0.2, -0.15) is 0 Å². The van der Waals surface area contributed by atoms with Crippen LogP contribution in [-0.4, -0.2) is 54.8 Å². The van der Waals surface area contributed by atoms with Crippen molar-refractivity contribution in [3.8, 4) is 0 Å². The lowest BCUT2D eigenvalue weighted by atomic mass is 10.0. The van der Waals surface area contributed by atoms with E-state index in [0.29, 0.717) is 40.5 Å². The molecule has 0 atom stereocenters. The molecule has 0 saturated carbocycles. The molecule has 2 heterocycles. The number of halogens is 1. The molecule has 180 valence electrons. The lowest BCUT2D eigenvalue weighted by Gasteiger charge is -2.32. The van der Waals surface area contributed by atoms with Crippen LogP contribution in [0, 0.1) is 0 Å². The van der Waals surface area contributed by atoms with Gasteiger partial charge < -0.3 is 20.4 Å². The van der Waals surface area contributed by atoms with Crippen LogP contribution in [0.15, 0.2) is 42.5 Å². The van der Waals surface area contributed by atoms with E-state index in [2.05, 4.69) is 22.5 Å². The summed E-state index contributed by atoms with van der Waals surface area (Å²) in [6, 6.07) is 12.0. The number of carbonyl (C=O) groups is 3. The zero-order valence-electron chi connectivity index (χ0n) is 19.5. The van der Waals surface area contributed by atoms with E-state index in [1.165, 1.54) is 0 Å². The van der Waals surface area contributed by atoms with Crippen LogP contribution >= 0.6 is 11.6 Å². The van der Waals surface area contributed by atoms with E-state index in [0.717, 1.165) is 45.3 Å². The maximum Gasteiger partial charge on any atom is 0.255 e. The smallest absolute Gasteiger partial charge is 0.255 e. The van der Waals surface area contributed by atoms with E-state index >= 15 is 0 Å². The van der Waals surface area contributed by atoms with Crippen LogP contribution in [0.5, 0.6) is 0 Å². The minimum absolute atomic E-state index is 0.0646. The first-order valence-corrected chi connectivity index (χ1v) is 12.4.